The number of nitrogens with zero attached hydrogens (tertiary/aromatic N) is 3. The minimum absolute atomic E-state index is 0.834. The van der Waals surface area contributed by atoms with Crippen LogP contribution in [0.1, 0.15) is 50.7 Å². The molecule has 0 atom stereocenters. The van der Waals surface area contributed by atoms with Gasteiger partial charge in [0.25, 0.3) is 0 Å². The van der Waals surface area contributed by atoms with Crippen LogP contribution in [0.3, 0.4) is 0 Å². The van der Waals surface area contributed by atoms with Crippen LogP contribution in [0.2, 0.25) is 0 Å². The summed E-state index contributed by atoms with van der Waals surface area (Å²) in [6.07, 6.45) is 7.00. The van der Waals surface area contributed by atoms with Crippen LogP contribution in [0, 0.1) is 18.8 Å². The molecule has 0 spiro atoms. The van der Waals surface area contributed by atoms with E-state index >= 15 is 0 Å². The van der Waals surface area contributed by atoms with Crippen LogP contribution >= 0.6 is 0 Å². The fourth-order valence-corrected chi connectivity index (χ4v) is 2.73. The van der Waals surface area contributed by atoms with Gasteiger partial charge in [0.15, 0.2) is 0 Å². The molecule has 1 fully saturated rings. The third kappa shape index (κ3) is 3.55. The second-order valence-corrected chi connectivity index (χ2v) is 5.81. The van der Waals surface area contributed by atoms with Gasteiger partial charge >= 0.3 is 0 Å². The Morgan fingerprint density at radius 1 is 1.22 bits per heavy atom. The van der Waals surface area contributed by atoms with Crippen molar-refractivity contribution < 1.29 is 0 Å². The van der Waals surface area contributed by atoms with E-state index in [2.05, 4.69) is 27.0 Å². The quantitative estimate of drug-likeness (QED) is 0.816. The van der Waals surface area contributed by atoms with Gasteiger partial charge in [-0.05, 0) is 31.7 Å². The number of hydrogen-bond donors (Lipinski definition) is 1. The van der Waals surface area contributed by atoms with Crippen LogP contribution in [-0.4, -0.2) is 21.3 Å². The van der Waals surface area contributed by atoms with Crippen LogP contribution in [0.4, 0.5) is 0 Å². The highest BCUT2D eigenvalue weighted by molar-refractivity contribution is 4.91. The van der Waals surface area contributed by atoms with Gasteiger partial charge in [-0.15, -0.1) is 10.2 Å². The van der Waals surface area contributed by atoms with Crippen LogP contribution < -0.4 is 5.32 Å². The lowest BCUT2D eigenvalue weighted by Gasteiger charge is -2.26. The molecule has 0 saturated heterocycles. The summed E-state index contributed by atoms with van der Waals surface area (Å²) in [5.74, 6) is 3.91. The molecule has 0 aromatic carbocycles. The standard InChI is InChI=1S/C14H26N4/c1-11-4-6-13(7-5-11)8-9-15-10-14-17-16-12(2)18(14)3/h11,13,15H,4-10H2,1-3H3. The molecule has 0 amide bonds. The summed E-state index contributed by atoms with van der Waals surface area (Å²) in [7, 11) is 2.02. The fraction of sp³-hybridized carbons (Fsp3) is 0.857. The monoisotopic (exact) mass is 250 g/mol. The highest BCUT2D eigenvalue weighted by Crippen LogP contribution is 2.29. The Labute approximate surface area is 110 Å². The Kier molecular flexibility index (Phi) is 4.75. The molecule has 1 saturated carbocycles. The molecule has 4 nitrogen and oxygen atoms in total. The number of rotatable bonds is 5. The summed E-state index contributed by atoms with van der Waals surface area (Å²) in [5, 5.41) is 11.7. The molecular weight excluding hydrogens is 224 g/mol. The van der Waals surface area contributed by atoms with Gasteiger partial charge in [0, 0.05) is 7.05 Å². The predicted molar refractivity (Wildman–Crippen MR) is 73.2 cm³/mol. The number of aryl methyl sites for hydroxylation is 1. The van der Waals surface area contributed by atoms with Gasteiger partial charge < -0.3 is 9.88 Å². The molecule has 1 aromatic rings. The Hall–Kier alpha value is -0.900. The van der Waals surface area contributed by atoms with E-state index in [1.807, 2.05) is 14.0 Å². The highest BCUT2D eigenvalue weighted by atomic mass is 15.3. The first-order valence-corrected chi connectivity index (χ1v) is 7.22. The smallest absolute Gasteiger partial charge is 0.146 e. The van der Waals surface area contributed by atoms with Crippen molar-refractivity contribution in [2.24, 2.45) is 18.9 Å². The first-order chi connectivity index (χ1) is 8.66. The molecule has 1 aliphatic carbocycles. The average molecular weight is 250 g/mol. The van der Waals surface area contributed by atoms with Crippen LogP contribution in [0.25, 0.3) is 0 Å². The number of hydrogen-bond acceptors (Lipinski definition) is 3. The van der Waals surface area contributed by atoms with Gasteiger partial charge in [0.2, 0.25) is 0 Å². The normalized spacial score (nSPS) is 24.4. The Bertz CT molecular complexity index is 364. The Balaban J connectivity index is 1.63. The second-order valence-electron chi connectivity index (χ2n) is 5.81. The van der Waals surface area contributed by atoms with Crippen molar-refractivity contribution in [2.45, 2.75) is 52.5 Å². The van der Waals surface area contributed by atoms with Gasteiger partial charge in [0.1, 0.15) is 11.6 Å². The van der Waals surface area contributed by atoms with Gasteiger partial charge in [-0.3, -0.25) is 0 Å². The molecule has 1 heterocycles. The number of nitrogens with one attached hydrogen (secondary N) is 1. The molecule has 0 aliphatic heterocycles. The maximum atomic E-state index is 4.16. The first kappa shape index (κ1) is 13.5. The van der Waals surface area contributed by atoms with E-state index < -0.39 is 0 Å². The third-order valence-electron chi connectivity index (χ3n) is 4.33. The summed E-state index contributed by atoms with van der Waals surface area (Å²) in [6, 6.07) is 0. The lowest BCUT2D eigenvalue weighted by Crippen LogP contribution is -2.22. The van der Waals surface area contributed by atoms with Gasteiger partial charge in [-0.25, -0.2) is 0 Å². The van der Waals surface area contributed by atoms with E-state index in [9.17, 15) is 0 Å². The molecule has 0 bridgehead atoms. The minimum atomic E-state index is 0.834. The maximum Gasteiger partial charge on any atom is 0.146 e. The third-order valence-corrected chi connectivity index (χ3v) is 4.33. The van der Waals surface area contributed by atoms with Gasteiger partial charge in [-0.2, -0.15) is 0 Å². The molecule has 4 heteroatoms. The van der Waals surface area contributed by atoms with Crippen molar-refractivity contribution in [3.05, 3.63) is 11.6 Å². The average Bonchev–Trinajstić information content (AvgIpc) is 2.68. The first-order valence-electron chi connectivity index (χ1n) is 7.22. The van der Waals surface area contributed by atoms with Gasteiger partial charge in [-0.1, -0.05) is 32.6 Å². The van der Waals surface area contributed by atoms with Crippen molar-refractivity contribution in [3.63, 3.8) is 0 Å². The van der Waals surface area contributed by atoms with Crippen molar-refractivity contribution in [1.82, 2.24) is 20.1 Å². The number of aromatic nitrogens is 3. The van der Waals surface area contributed by atoms with E-state index in [0.717, 1.165) is 36.6 Å². The Morgan fingerprint density at radius 2 is 1.94 bits per heavy atom. The molecule has 0 radical (unpaired) electrons. The fourth-order valence-electron chi connectivity index (χ4n) is 2.73. The predicted octanol–water partition coefficient (Wildman–Crippen LogP) is 2.43. The van der Waals surface area contributed by atoms with Crippen molar-refractivity contribution in [2.75, 3.05) is 6.54 Å². The van der Waals surface area contributed by atoms with Crippen LogP contribution in [0.15, 0.2) is 0 Å². The van der Waals surface area contributed by atoms with Crippen LogP contribution in [-0.2, 0) is 13.6 Å². The molecule has 1 aliphatic rings. The molecule has 0 unspecified atom stereocenters. The highest BCUT2D eigenvalue weighted by Gasteiger charge is 2.17. The minimum Gasteiger partial charge on any atom is -0.317 e. The van der Waals surface area contributed by atoms with E-state index in [0.29, 0.717) is 0 Å². The summed E-state index contributed by atoms with van der Waals surface area (Å²) < 4.78 is 2.05. The lowest BCUT2D eigenvalue weighted by atomic mass is 9.81. The zero-order valence-electron chi connectivity index (χ0n) is 11.9. The summed E-state index contributed by atoms with van der Waals surface area (Å²) in [5.41, 5.74) is 0. The second kappa shape index (κ2) is 6.32. The van der Waals surface area contributed by atoms with Crippen molar-refractivity contribution in [3.8, 4) is 0 Å². The van der Waals surface area contributed by atoms with Gasteiger partial charge in [0.05, 0.1) is 6.54 Å². The maximum absolute atomic E-state index is 4.16. The topological polar surface area (TPSA) is 42.7 Å². The molecular formula is C14H26N4. The molecule has 1 N–H and O–H groups in total. The zero-order chi connectivity index (χ0) is 13.0. The molecule has 2 rings (SSSR count). The van der Waals surface area contributed by atoms with Crippen molar-refractivity contribution in [1.29, 1.82) is 0 Å². The van der Waals surface area contributed by atoms with E-state index in [4.69, 9.17) is 0 Å². The van der Waals surface area contributed by atoms with E-state index in [-0.39, 0.29) is 0 Å². The van der Waals surface area contributed by atoms with E-state index in [1.54, 1.807) is 0 Å². The SMILES string of the molecule is Cc1nnc(CNCCC2CCC(C)CC2)n1C. The molecule has 102 valence electrons. The summed E-state index contributed by atoms with van der Waals surface area (Å²) in [4.78, 5) is 0. The summed E-state index contributed by atoms with van der Waals surface area (Å²) in [6.45, 7) is 6.30. The Morgan fingerprint density at radius 3 is 2.56 bits per heavy atom. The van der Waals surface area contributed by atoms with Crippen molar-refractivity contribution >= 4 is 0 Å². The van der Waals surface area contributed by atoms with Crippen LogP contribution in [0.5, 0.6) is 0 Å². The molecule has 18 heavy (non-hydrogen) atoms. The zero-order valence-corrected chi connectivity index (χ0v) is 11.9. The van der Waals surface area contributed by atoms with E-state index in [1.165, 1.54) is 32.1 Å². The molecule has 1 aromatic heterocycles. The summed E-state index contributed by atoms with van der Waals surface area (Å²) >= 11 is 0. The lowest BCUT2D eigenvalue weighted by molar-refractivity contribution is 0.275. The largest absolute Gasteiger partial charge is 0.317 e.